The van der Waals surface area contributed by atoms with Gasteiger partial charge in [0.25, 0.3) is 0 Å². The molecule has 2 fully saturated rings. The molecule has 1 aromatic rings. The molecule has 0 bridgehead atoms. The summed E-state index contributed by atoms with van der Waals surface area (Å²) in [4.78, 5) is 64.5. The van der Waals surface area contributed by atoms with E-state index in [2.05, 4.69) is 15.3 Å². The zero-order valence-corrected chi connectivity index (χ0v) is 14.1. The lowest BCUT2D eigenvalue weighted by molar-refractivity contribution is -0.306. The number of aromatic nitrogens is 2. The third kappa shape index (κ3) is 4.46. The van der Waals surface area contributed by atoms with Crippen molar-refractivity contribution in [2.24, 2.45) is 0 Å². The highest BCUT2D eigenvalue weighted by Gasteiger charge is 2.40. The first-order valence-electron chi connectivity index (χ1n) is 7.60. The molecule has 3 heterocycles. The number of carbonyl (C=O) groups is 4. The molecule has 2 amide bonds. The van der Waals surface area contributed by atoms with Crippen molar-refractivity contribution in [1.82, 2.24) is 20.5 Å². The third-order valence-electron chi connectivity index (χ3n) is 3.37. The maximum absolute atomic E-state index is 12.1. The van der Waals surface area contributed by atoms with E-state index in [9.17, 15) is 19.2 Å². The largest absolute Gasteiger partial charge is 0.450 e. The van der Waals surface area contributed by atoms with Crippen molar-refractivity contribution in [2.75, 3.05) is 12.4 Å². The Hall–Kier alpha value is -2.73. The first kappa shape index (κ1) is 18.1. The summed E-state index contributed by atoms with van der Waals surface area (Å²) in [6.45, 7) is -0.186. The Kier molecular flexibility index (Phi) is 5.63. The summed E-state index contributed by atoms with van der Waals surface area (Å²) in [7, 11) is 0. The first-order chi connectivity index (χ1) is 12.5. The molecule has 1 aromatic heterocycles. The van der Waals surface area contributed by atoms with Crippen LogP contribution >= 0.6 is 11.8 Å². The van der Waals surface area contributed by atoms with E-state index in [4.69, 9.17) is 14.4 Å². The van der Waals surface area contributed by atoms with Crippen molar-refractivity contribution in [3.8, 4) is 0 Å². The first-order valence-corrected chi connectivity index (χ1v) is 8.59. The molecule has 2 atom stereocenters. The predicted molar refractivity (Wildman–Crippen MR) is 82.7 cm³/mol. The number of esters is 1. The quantitative estimate of drug-likeness (QED) is 0.370. The van der Waals surface area contributed by atoms with Gasteiger partial charge in [-0.05, 0) is 11.3 Å². The molecule has 26 heavy (non-hydrogen) atoms. The maximum Gasteiger partial charge on any atom is 0.375 e. The topological polar surface area (TPSA) is 137 Å². The summed E-state index contributed by atoms with van der Waals surface area (Å²) in [5.74, 6) is -2.58. The van der Waals surface area contributed by atoms with E-state index in [1.54, 1.807) is 18.5 Å². The maximum atomic E-state index is 12.1. The van der Waals surface area contributed by atoms with Gasteiger partial charge in [0.1, 0.15) is 12.6 Å². The number of amides is 2. The monoisotopic (exact) mass is 382 g/mol. The number of ether oxygens (including phenoxy) is 1. The second-order valence-electron chi connectivity index (χ2n) is 5.26. The van der Waals surface area contributed by atoms with E-state index in [0.29, 0.717) is 10.4 Å². The van der Waals surface area contributed by atoms with Crippen LogP contribution in [0.5, 0.6) is 0 Å². The Balaban J connectivity index is 1.44. The molecule has 2 aliphatic heterocycles. The zero-order chi connectivity index (χ0) is 18.5. The van der Waals surface area contributed by atoms with Crippen LogP contribution in [0.25, 0.3) is 0 Å². The van der Waals surface area contributed by atoms with E-state index in [-0.39, 0.29) is 25.2 Å². The van der Waals surface area contributed by atoms with Gasteiger partial charge in [-0.2, -0.15) is 0 Å². The van der Waals surface area contributed by atoms with Gasteiger partial charge in [-0.3, -0.25) is 14.4 Å². The van der Waals surface area contributed by atoms with Crippen LogP contribution in [-0.4, -0.2) is 63.5 Å². The van der Waals surface area contributed by atoms with Crippen LogP contribution in [0.4, 0.5) is 0 Å². The second kappa shape index (κ2) is 8.10. The fraction of sp³-hybridized carbons (Fsp3) is 0.429. The van der Waals surface area contributed by atoms with Crippen LogP contribution in [0.3, 0.4) is 0 Å². The standard InChI is InChI=1S/C14H14N4O7S/c19-10(7-26-14-15-4-1-5-16-14)17-8-6-23-18(12(8)21)25-13(22)9-2-3-11(20)24-9/h1,4-5,8-9H,2-3,6-7H2,(H,17,19)/t8-,9?/m0/s1. The normalized spacial score (nSPS) is 22.2. The number of rotatable bonds is 6. The van der Waals surface area contributed by atoms with Gasteiger partial charge < -0.3 is 14.9 Å². The molecule has 0 saturated carbocycles. The average Bonchev–Trinajstić information content (AvgIpc) is 3.22. The number of nitrogens with one attached hydrogen (secondary N) is 1. The molecule has 138 valence electrons. The molecular formula is C14H14N4O7S. The fourth-order valence-electron chi connectivity index (χ4n) is 2.14. The summed E-state index contributed by atoms with van der Waals surface area (Å²) < 4.78 is 4.74. The average molecular weight is 382 g/mol. The number of thioether (sulfide) groups is 1. The van der Waals surface area contributed by atoms with Gasteiger partial charge >= 0.3 is 17.8 Å². The number of nitrogens with zero attached hydrogens (tertiary/aromatic N) is 3. The Labute approximate surface area is 151 Å². The number of carbonyl (C=O) groups excluding carboxylic acids is 4. The highest BCUT2D eigenvalue weighted by atomic mass is 32.2. The van der Waals surface area contributed by atoms with Gasteiger partial charge in [0.2, 0.25) is 12.0 Å². The minimum Gasteiger partial charge on any atom is -0.450 e. The molecule has 0 spiro atoms. The van der Waals surface area contributed by atoms with Crippen molar-refractivity contribution in [2.45, 2.75) is 30.1 Å². The van der Waals surface area contributed by atoms with Gasteiger partial charge in [0, 0.05) is 25.2 Å². The van der Waals surface area contributed by atoms with E-state index in [0.717, 1.165) is 11.8 Å². The third-order valence-corrected chi connectivity index (χ3v) is 4.24. The Morgan fingerprint density at radius 3 is 2.81 bits per heavy atom. The molecule has 1 unspecified atom stereocenters. The molecule has 0 aliphatic carbocycles. The summed E-state index contributed by atoms with van der Waals surface area (Å²) in [6.07, 6.45) is 2.33. The van der Waals surface area contributed by atoms with Gasteiger partial charge in [-0.15, -0.1) is 0 Å². The molecular weight excluding hydrogens is 368 g/mol. The van der Waals surface area contributed by atoms with Crippen LogP contribution in [0.1, 0.15) is 12.8 Å². The van der Waals surface area contributed by atoms with Crippen LogP contribution in [-0.2, 0) is 33.6 Å². The molecule has 3 rings (SSSR count). The van der Waals surface area contributed by atoms with Crippen molar-refractivity contribution in [3.63, 3.8) is 0 Å². The molecule has 0 aromatic carbocycles. The lowest BCUT2D eigenvalue weighted by atomic mass is 10.2. The Morgan fingerprint density at radius 2 is 2.12 bits per heavy atom. The minimum absolute atomic E-state index is 0.00556. The highest BCUT2D eigenvalue weighted by Crippen LogP contribution is 2.18. The van der Waals surface area contributed by atoms with Crippen molar-refractivity contribution in [1.29, 1.82) is 0 Å². The van der Waals surface area contributed by atoms with Gasteiger partial charge in [-0.1, -0.05) is 11.8 Å². The smallest absolute Gasteiger partial charge is 0.375 e. The van der Waals surface area contributed by atoms with Gasteiger partial charge in [-0.25, -0.2) is 19.6 Å². The Bertz CT molecular complexity index is 717. The summed E-state index contributed by atoms with van der Waals surface area (Å²) in [5.41, 5.74) is 0. The lowest BCUT2D eigenvalue weighted by Crippen LogP contribution is -2.44. The van der Waals surface area contributed by atoms with Crippen molar-refractivity contribution in [3.05, 3.63) is 18.5 Å². The van der Waals surface area contributed by atoms with E-state index in [1.165, 1.54) is 0 Å². The number of cyclic esters (lactones) is 1. The van der Waals surface area contributed by atoms with Crippen LogP contribution < -0.4 is 5.32 Å². The zero-order valence-electron chi connectivity index (χ0n) is 13.3. The number of hydrogen-bond donors (Lipinski definition) is 1. The summed E-state index contributed by atoms with van der Waals surface area (Å²) in [5, 5.41) is 3.30. The molecule has 11 nitrogen and oxygen atoms in total. The number of hydrogen-bond acceptors (Lipinski definition) is 10. The van der Waals surface area contributed by atoms with Gasteiger partial charge in [0.05, 0.1) is 5.75 Å². The predicted octanol–water partition coefficient (Wildman–Crippen LogP) is -1.01. The molecule has 0 radical (unpaired) electrons. The highest BCUT2D eigenvalue weighted by molar-refractivity contribution is 7.99. The van der Waals surface area contributed by atoms with Crippen LogP contribution in [0.15, 0.2) is 23.6 Å². The SMILES string of the molecule is O=C(CSc1ncccn1)N[C@H]1CON(OC(=O)C2CCC(=O)O2)C1=O. The fourth-order valence-corrected chi connectivity index (χ4v) is 2.75. The van der Waals surface area contributed by atoms with Crippen LogP contribution in [0, 0.1) is 0 Å². The summed E-state index contributed by atoms with van der Waals surface area (Å²) >= 11 is 1.11. The summed E-state index contributed by atoms with van der Waals surface area (Å²) in [6, 6.07) is 0.667. The van der Waals surface area contributed by atoms with E-state index < -0.39 is 35.9 Å². The second-order valence-corrected chi connectivity index (χ2v) is 6.20. The molecule has 2 saturated heterocycles. The Morgan fingerprint density at radius 1 is 1.35 bits per heavy atom. The number of hydroxylamine groups is 2. The van der Waals surface area contributed by atoms with Crippen molar-refractivity contribution >= 4 is 35.5 Å². The molecule has 12 heteroatoms. The minimum atomic E-state index is -1.06. The molecule has 2 aliphatic rings. The van der Waals surface area contributed by atoms with E-state index in [1.807, 2.05) is 0 Å². The van der Waals surface area contributed by atoms with Crippen LogP contribution in [0.2, 0.25) is 0 Å². The molecule has 1 N–H and O–H groups in total. The van der Waals surface area contributed by atoms with Gasteiger partial charge in [0.15, 0.2) is 5.16 Å². The lowest BCUT2D eigenvalue weighted by Gasteiger charge is -2.15. The van der Waals surface area contributed by atoms with Crippen molar-refractivity contribution < 1.29 is 33.6 Å². The van der Waals surface area contributed by atoms with E-state index >= 15 is 0 Å².